The Kier molecular flexibility index (Phi) is 3.65. The van der Waals surface area contributed by atoms with E-state index in [1.54, 1.807) is 0 Å². The van der Waals surface area contributed by atoms with Crippen molar-refractivity contribution in [2.45, 2.75) is 12.8 Å². The van der Waals surface area contributed by atoms with E-state index in [2.05, 4.69) is 74.0 Å². The van der Waals surface area contributed by atoms with E-state index in [1.165, 1.54) is 33.4 Å². The number of benzene rings is 2. The minimum absolute atomic E-state index is 0. The van der Waals surface area contributed by atoms with Gasteiger partial charge in [0.05, 0.1) is 0 Å². The molecule has 0 nitrogen and oxygen atoms in total. The average molecular weight is 335 g/mol. The largest absolute Gasteiger partial charge is 0.0723 e. The molecule has 1 heteroatoms. The SMILES string of the molecule is Cc1cccc2c1C=CC2C1=Cc2ccccc2[CH]1.[Zr]. The number of allylic oxidation sites excluding steroid dienone is 2. The quantitative estimate of drug-likeness (QED) is 0.706. The van der Waals surface area contributed by atoms with Crippen molar-refractivity contribution in [3.05, 3.63) is 88.4 Å². The summed E-state index contributed by atoms with van der Waals surface area (Å²) in [4.78, 5) is 0. The second-order valence-corrected chi connectivity index (χ2v) is 5.33. The predicted octanol–water partition coefficient (Wildman–Crippen LogP) is 4.75. The zero-order chi connectivity index (χ0) is 12.8. The Morgan fingerprint density at radius 3 is 2.50 bits per heavy atom. The Morgan fingerprint density at radius 1 is 0.900 bits per heavy atom. The van der Waals surface area contributed by atoms with E-state index in [0.29, 0.717) is 5.92 Å². The van der Waals surface area contributed by atoms with Crippen molar-refractivity contribution in [1.29, 1.82) is 0 Å². The Labute approximate surface area is 139 Å². The molecule has 0 saturated heterocycles. The van der Waals surface area contributed by atoms with Gasteiger partial charge in [0, 0.05) is 38.5 Å². The Morgan fingerprint density at radius 2 is 1.70 bits per heavy atom. The summed E-state index contributed by atoms with van der Waals surface area (Å²) in [6.07, 6.45) is 9.24. The third-order valence-corrected chi connectivity index (χ3v) is 4.15. The van der Waals surface area contributed by atoms with Crippen LogP contribution < -0.4 is 0 Å². The maximum absolute atomic E-state index is 2.33. The molecule has 20 heavy (non-hydrogen) atoms. The first-order valence-electron chi connectivity index (χ1n) is 6.76. The van der Waals surface area contributed by atoms with Crippen molar-refractivity contribution >= 4 is 12.2 Å². The monoisotopic (exact) mass is 333 g/mol. The van der Waals surface area contributed by atoms with Crippen LogP contribution in [0.5, 0.6) is 0 Å². The van der Waals surface area contributed by atoms with Gasteiger partial charge in [-0.25, -0.2) is 0 Å². The van der Waals surface area contributed by atoms with Gasteiger partial charge in [0.25, 0.3) is 0 Å². The molecule has 95 valence electrons. The molecular weight excluding hydrogens is 319 g/mol. The van der Waals surface area contributed by atoms with Crippen LogP contribution in [0.15, 0.2) is 54.1 Å². The van der Waals surface area contributed by atoms with E-state index in [4.69, 9.17) is 0 Å². The molecule has 2 aromatic carbocycles. The smallest absolute Gasteiger partial charge is 0.0247 e. The molecule has 0 bridgehead atoms. The standard InChI is InChI=1S/C19H15.Zr/c1-13-5-4-8-19-17(13)9-10-18(19)16-11-14-6-2-3-7-15(14)12-16;/h2-12,18H,1H3;. The van der Waals surface area contributed by atoms with Gasteiger partial charge in [-0.3, -0.25) is 0 Å². The molecule has 0 spiro atoms. The van der Waals surface area contributed by atoms with E-state index in [1.807, 2.05) is 0 Å². The topological polar surface area (TPSA) is 0 Å². The van der Waals surface area contributed by atoms with Crippen molar-refractivity contribution in [3.63, 3.8) is 0 Å². The van der Waals surface area contributed by atoms with Crippen molar-refractivity contribution in [3.8, 4) is 0 Å². The molecule has 1 unspecified atom stereocenters. The molecule has 1 atom stereocenters. The summed E-state index contributed by atoms with van der Waals surface area (Å²) in [5.74, 6) is 0.419. The first kappa shape index (κ1) is 13.8. The summed E-state index contributed by atoms with van der Waals surface area (Å²) in [6, 6.07) is 15.2. The minimum Gasteiger partial charge on any atom is -0.0723 e. The summed E-state index contributed by atoms with van der Waals surface area (Å²) < 4.78 is 0. The van der Waals surface area contributed by atoms with Crippen molar-refractivity contribution in [2.24, 2.45) is 0 Å². The van der Waals surface area contributed by atoms with Gasteiger partial charge in [-0.1, -0.05) is 60.7 Å². The fourth-order valence-electron chi connectivity index (χ4n) is 3.14. The minimum atomic E-state index is 0. The van der Waals surface area contributed by atoms with E-state index in [-0.39, 0.29) is 26.2 Å². The van der Waals surface area contributed by atoms with Crippen LogP contribution in [0.3, 0.4) is 0 Å². The molecule has 0 aromatic heterocycles. The molecule has 0 N–H and O–H groups in total. The van der Waals surface area contributed by atoms with Gasteiger partial charge >= 0.3 is 0 Å². The van der Waals surface area contributed by atoms with Gasteiger partial charge in [-0.05, 0) is 40.3 Å². The van der Waals surface area contributed by atoms with Crippen LogP contribution in [-0.2, 0) is 26.2 Å². The Hall–Kier alpha value is -1.20. The molecule has 0 fully saturated rings. The van der Waals surface area contributed by atoms with E-state index in [0.717, 1.165) is 0 Å². The van der Waals surface area contributed by atoms with Crippen LogP contribution in [0.2, 0.25) is 0 Å². The van der Waals surface area contributed by atoms with Crippen molar-refractivity contribution < 1.29 is 26.2 Å². The molecule has 0 amide bonds. The van der Waals surface area contributed by atoms with E-state index >= 15 is 0 Å². The molecule has 2 aromatic rings. The summed E-state index contributed by atoms with van der Waals surface area (Å²) in [5, 5.41) is 0. The molecular formula is C19H15Zr. The summed E-state index contributed by atoms with van der Waals surface area (Å²) in [5.41, 5.74) is 8.29. The first-order valence-corrected chi connectivity index (χ1v) is 6.76. The van der Waals surface area contributed by atoms with Crippen LogP contribution in [0.1, 0.15) is 33.7 Å². The van der Waals surface area contributed by atoms with Gasteiger partial charge in [-0.2, -0.15) is 0 Å². The van der Waals surface area contributed by atoms with Gasteiger partial charge in [0.15, 0.2) is 0 Å². The molecule has 0 heterocycles. The van der Waals surface area contributed by atoms with Crippen LogP contribution in [-0.4, -0.2) is 0 Å². The predicted molar refractivity (Wildman–Crippen MR) is 80.8 cm³/mol. The molecule has 0 aliphatic heterocycles. The zero-order valence-electron chi connectivity index (χ0n) is 11.4. The van der Waals surface area contributed by atoms with Crippen LogP contribution in [0.25, 0.3) is 12.2 Å². The fraction of sp³-hybridized carbons (Fsp3) is 0.105. The number of hydrogen-bond donors (Lipinski definition) is 0. The third kappa shape index (κ3) is 2.09. The maximum Gasteiger partial charge on any atom is 0.0247 e. The number of fused-ring (bicyclic) bond motifs is 2. The van der Waals surface area contributed by atoms with Crippen molar-refractivity contribution in [1.82, 2.24) is 0 Å². The molecule has 2 aliphatic carbocycles. The van der Waals surface area contributed by atoms with Gasteiger partial charge in [-0.15, -0.1) is 0 Å². The third-order valence-electron chi connectivity index (χ3n) is 4.15. The van der Waals surface area contributed by atoms with E-state index < -0.39 is 0 Å². The van der Waals surface area contributed by atoms with Gasteiger partial charge in [0.2, 0.25) is 0 Å². The van der Waals surface area contributed by atoms with Crippen molar-refractivity contribution in [2.75, 3.05) is 0 Å². The normalized spacial score (nSPS) is 18.2. The van der Waals surface area contributed by atoms with E-state index in [9.17, 15) is 0 Å². The Balaban J connectivity index is 0.00000121. The second-order valence-electron chi connectivity index (χ2n) is 5.33. The molecule has 0 saturated carbocycles. The van der Waals surface area contributed by atoms with Crippen LogP contribution in [0, 0.1) is 13.3 Å². The molecule has 2 aliphatic rings. The Bertz CT molecular complexity index is 722. The second kappa shape index (κ2) is 5.30. The van der Waals surface area contributed by atoms with Crippen LogP contribution in [0.4, 0.5) is 0 Å². The maximum atomic E-state index is 2.33. The number of hydrogen-bond acceptors (Lipinski definition) is 0. The fourth-order valence-corrected chi connectivity index (χ4v) is 3.14. The van der Waals surface area contributed by atoms with Gasteiger partial charge < -0.3 is 0 Å². The number of aryl methyl sites for hydroxylation is 1. The number of rotatable bonds is 1. The van der Waals surface area contributed by atoms with Crippen LogP contribution >= 0.6 is 0 Å². The summed E-state index contributed by atoms with van der Waals surface area (Å²) in [6.45, 7) is 2.19. The molecule has 1 radical (unpaired) electrons. The first-order chi connectivity index (χ1) is 9.33. The molecule has 4 rings (SSSR count). The summed E-state index contributed by atoms with van der Waals surface area (Å²) >= 11 is 0. The zero-order valence-corrected chi connectivity index (χ0v) is 13.9. The summed E-state index contributed by atoms with van der Waals surface area (Å²) in [7, 11) is 0. The van der Waals surface area contributed by atoms with Gasteiger partial charge in [0.1, 0.15) is 0 Å². The average Bonchev–Trinajstić information content (AvgIpc) is 3.02.